The van der Waals surface area contributed by atoms with Crippen molar-refractivity contribution in [3.8, 4) is 0 Å². The molecule has 2 atom stereocenters. The molecule has 4 bridgehead atoms. The van der Waals surface area contributed by atoms with Crippen LogP contribution in [-0.2, 0) is 9.53 Å². The number of carbonyl (C=O) groups excluding carboxylic acids is 1. The van der Waals surface area contributed by atoms with Crippen LogP contribution in [0.2, 0.25) is 0 Å². The van der Waals surface area contributed by atoms with Crippen LogP contribution in [-0.4, -0.2) is 17.7 Å². The molecular weight excluding hydrogens is 207 g/mol. The van der Waals surface area contributed by atoms with Gasteiger partial charge in [0.2, 0.25) is 0 Å². The molecule has 0 heterocycles. The first-order valence-electron chi connectivity index (χ1n) is 6.11. The molecule has 3 heteroatoms. The lowest BCUT2D eigenvalue weighted by Gasteiger charge is -2.56. The van der Waals surface area contributed by atoms with Crippen molar-refractivity contribution in [3.05, 3.63) is 12.7 Å². The molecular formula is C13H17FO2. The minimum atomic E-state index is -0.660. The molecule has 0 spiro atoms. The number of esters is 1. The van der Waals surface area contributed by atoms with Gasteiger partial charge in [0.1, 0.15) is 11.8 Å². The van der Waals surface area contributed by atoms with Gasteiger partial charge in [-0.3, -0.25) is 0 Å². The standard InChI is InChI=1S/C13H17FO2/c1-2-11(15)16-13-5-8-3-9(6-13)12(14)10(4-8)7-13/h2,8-10,12H,1,3-7H2. The molecule has 0 N–H and O–H groups in total. The number of alkyl halides is 1. The maximum Gasteiger partial charge on any atom is 0.330 e. The smallest absolute Gasteiger partial charge is 0.330 e. The Kier molecular flexibility index (Phi) is 2.13. The van der Waals surface area contributed by atoms with Gasteiger partial charge in [-0.05, 0) is 49.9 Å². The summed E-state index contributed by atoms with van der Waals surface area (Å²) in [6, 6.07) is 0. The van der Waals surface area contributed by atoms with Crippen LogP contribution >= 0.6 is 0 Å². The molecule has 88 valence electrons. The third-order valence-electron chi connectivity index (χ3n) is 4.59. The second-order valence-electron chi connectivity index (χ2n) is 5.72. The van der Waals surface area contributed by atoms with E-state index in [9.17, 15) is 9.18 Å². The van der Waals surface area contributed by atoms with Gasteiger partial charge in [-0.15, -0.1) is 0 Å². The SMILES string of the molecule is C=CC(=O)OC12CC3CC(C1)C(F)C(C3)C2. The summed E-state index contributed by atoms with van der Waals surface area (Å²) in [5.74, 6) is 0.479. The zero-order valence-electron chi connectivity index (χ0n) is 9.32. The molecule has 4 saturated carbocycles. The molecule has 0 amide bonds. The number of hydrogen-bond acceptors (Lipinski definition) is 2. The van der Waals surface area contributed by atoms with Gasteiger partial charge in [0, 0.05) is 6.08 Å². The van der Waals surface area contributed by atoms with Gasteiger partial charge in [0.15, 0.2) is 0 Å². The van der Waals surface area contributed by atoms with Crippen LogP contribution in [0.4, 0.5) is 4.39 Å². The summed E-state index contributed by atoms with van der Waals surface area (Å²) in [5, 5.41) is 0. The van der Waals surface area contributed by atoms with Crippen LogP contribution < -0.4 is 0 Å². The van der Waals surface area contributed by atoms with Crippen molar-refractivity contribution < 1.29 is 13.9 Å². The van der Waals surface area contributed by atoms with Gasteiger partial charge in [-0.2, -0.15) is 0 Å². The molecule has 0 aliphatic heterocycles. The van der Waals surface area contributed by atoms with Crippen LogP contribution in [0.1, 0.15) is 32.1 Å². The molecule has 2 unspecified atom stereocenters. The lowest BCUT2D eigenvalue weighted by Crippen LogP contribution is -2.57. The number of carbonyl (C=O) groups is 1. The maximum atomic E-state index is 13.9. The van der Waals surface area contributed by atoms with Gasteiger partial charge >= 0.3 is 5.97 Å². The lowest BCUT2D eigenvalue weighted by molar-refractivity contribution is -0.193. The molecule has 0 radical (unpaired) electrons. The molecule has 4 rings (SSSR count). The fourth-order valence-electron chi connectivity index (χ4n) is 4.27. The second kappa shape index (κ2) is 3.31. The van der Waals surface area contributed by atoms with E-state index in [0.29, 0.717) is 5.92 Å². The third kappa shape index (κ3) is 1.40. The van der Waals surface area contributed by atoms with Crippen molar-refractivity contribution in [2.75, 3.05) is 0 Å². The van der Waals surface area contributed by atoms with Crippen molar-refractivity contribution in [2.45, 2.75) is 43.9 Å². The van der Waals surface area contributed by atoms with E-state index in [1.807, 2.05) is 0 Å². The first-order valence-corrected chi connectivity index (χ1v) is 6.11. The van der Waals surface area contributed by atoms with E-state index in [1.54, 1.807) is 0 Å². The van der Waals surface area contributed by atoms with E-state index in [-0.39, 0.29) is 23.4 Å². The second-order valence-corrected chi connectivity index (χ2v) is 5.72. The topological polar surface area (TPSA) is 26.3 Å². The van der Waals surface area contributed by atoms with Crippen LogP contribution in [0.15, 0.2) is 12.7 Å². The summed E-state index contributed by atoms with van der Waals surface area (Å²) in [7, 11) is 0. The molecule has 0 saturated heterocycles. The Balaban J connectivity index is 1.83. The zero-order valence-corrected chi connectivity index (χ0v) is 9.32. The van der Waals surface area contributed by atoms with Crippen molar-refractivity contribution in [1.29, 1.82) is 0 Å². The van der Waals surface area contributed by atoms with E-state index in [2.05, 4.69) is 6.58 Å². The van der Waals surface area contributed by atoms with Crippen LogP contribution in [0, 0.1) is 17.8 Å². The maximum absolute atomic E-state index is 13.9. The van der Waals surface area contributed by atoms with Crippen LogP contribution in [0.25, 0.3) is 0 Å². The quantitative estimate of drug-likeness (QED) is 0.532. The van der Waals surface area contributed by atoms with E-state index < -0.39 is 6.17 Å². The summed E-state index contributed by atoms with van der Waals surface area (Å²) in [4.78, 5) is 11.3. The number of rotatable bonds is 2. The Morgan fingerprint density at radius 1 is 1.31 bits per heavy atom. The average molecular weight is 224 g/mol. The predicted octanol–water partition coefficient (Wildman–Crippen LogP) is 2.63. The van der Waals surface area contributed by atoms with Gasteiger partial charge < -0.3 is 4.74 Å². The van der Waals surface area contributed by atoms with Crippen molar-refractivity contribution >= 4 is 5.97 Å². The van der Waals surface area contributed by atoms with Crippen molar-refractivity contribution in [1.82, 2.24) is 0 Å². The highest BCUT2D eigenvalue weighted by Crippen LogP contribution is 2.58. The lowest BCUT2D eigenvalue weighted by atomic mass is 9.53. The summed E-state index contributed by atoms with van der Waals surface area (Å²) >= 11 is 0. The summed E-state index contributed by atoms with van der Waals surface area (Å²) in [5.41, 5.74) is -0.357. The Labute approximate surface area is 94.9 Å². The fourth-order valence-corrected chi connectivity index (χ4v) is 4.27. The van der Waals surface area contributed by atoms with E-state index >= 15 is 0 Å². The molecule has 4 fully saturated rings. The third-order valence-corrected chi connectivity index (χ3v) is 4.59. The summed E-state index contributed by atoms with van der Waals surface area (Å²) < 4.78 is 19.4. The van der Waals surface area contributed by atoms with E-state index in [1.165, 1.54) is 6.08 Å². The van der Waals surface area contributed by atoms with Crippen molar-refractivity contribution in [2.24, 2.45) is 17.8 Å². The van der Waals surface area contributed by atoms with E-state index in [0.717, 1.165) is 32.1 Å². The Bertz CT molecular complexity index is 323. The molecule has 0 aromatic heterocycles. The van der Waals surface area contributed by atoms with E-state index in [4.69, 9.17) is 4.74 Å². The number of halogens is 1. The first kappa shape index (κ1) is 10.3. The zero-order chi connectivity index (χ0) is 11.3. The highest BCUT2D eigenvalue weighted by molar-refractivity contribution is 5.81. The Hall–Kier alpha value is -0.860. The average Bonchev–Trinajstić information content (AvgIpc) is 2.24. The fraction of sp³-hybridized carbons (Fsp3) is 0.769. The highest BCUT2D eigenvalue weighted by Gasteiger charge is 2.57. The van der Waals surface area contributed by atoms with Gasteiger partial charge in [-0.1, -0.05) is 6.58 Å². The normalized spacial score (nSPS) is 49.1. The molecule has 16 heavy (non-hydrogen) atoms. The molecule has 0 aromatic carbocycles. The highest BCUT2D eigenvalue weighted by atomic mass is 19.1. The number of ether oxygens (including phenoxy) is 1. The van der Waals surface area contributed by atoms with Gasteiger partial charge in [-0.25, -0.2) is 9.18 Å². The summed E-state index contributed by atoms with van der Waals surface area (Å²) in [6.45, 7) is 3.43. The number of hydrogen-bond donors (Lipinski definition) is 0. The van der Waals surface area contributed by atoms with Gasteiger partial charge in [0.05, 0.1) is 0 Å². The largest absolute Gasteiger partial charge is 0.456 e. The molecule has 4 aliphatic carbocycles. The predicted molar refractivity (Wildman–Crippen MR) is 57.5 cm³/mol. The molecule has 4 aliphatic rings. The van der Waals surface area contributed by atoms with Gasteiger partial charge in [0.25, 0.3) is 0 Å². The molecule has 2 nitrogen and oxygen atoms in total. The monoisotopic (exact) mass is 224 g/mol. The summed E-state index contributed by atoms with van der Waals surface area (Å²) in [6.07, 6.45) is 4.92. The van der Waals surface area contributed by atoms with Crippen molar-refractivity contribution in [3.63, 3.8) is 0 Å². The van der Waals surface area contributed by atoms with Crippen LogP contribution in [0.3, 0.4) is 0 Å². The van der Waals surface area contributed by atoms with Crippen LogP contribution in [0.5, 0.6) is 0 Å². The Morgan fingerprint density at radius 3 is 2.50 bits per heavy atom. The molecule has 0 aromatic rings. The first-order chi connectivity index (χ1) is 7.62. The minimum absolute atomic E-state index is 0.129. The minimum Gasteiger partial charge on any atom is -0.456 e. The Morgan fingerprint density at radius 2 is 1.94 bits per heavy atom.